The Balaban J connectivity index is 1.12. The van der Waals surface area contributed by atoms with Crippen molar-refractivity contribution in [2.75, 3.05) is 36.0 Å². The van der Waals surface area contributed by atoms with E-state index in [0.29, 0.717) is 62.5 Å². The number of para-hydroxylation sites is 1. The van der Waals surface area contributed by atoms with Crippen molar-refractivity contribution in [3.63, 3.8) is 0 Å². The molecule has 3 aliphatic rings. The molecule has 1 N–H and O–H groups in total. The maximum atomic E-state index is 15.1. The van der Waals surface area contributed by atoms with Crippen LogP contribution in [0.15, 0.2) is 54.6 Å². The molecule has 1 spiro atoms. The van der Waals surface area contributed by atoms with Crippen LogP contribution in [-0.2, 0) is 12.7 Å². The Labute approximate surface area is 241 Å². The fourth-order valence-corrected chi connectivity index (χ4v) is 5.80. The quantitative estimate of drug-likeness (QED) is 0.345. The monoisotopic (exact) mass is 583 g/mol. The van der Waals surface area contributed by atoms with Crippen LogP contribution in [0.5, 0.6) is 5.75 Å². The topological polar surface area (TPSA) is 70.6 Å². The zero-order valence-corrected chi connectivity index (χ0v) is 23.2. The number of anilines is 2. The molecule has 0 unspecified atom stereocenters. The number of fused-ring (bicyclic) bond motifs is 1. The maximum absolute atomic E-state index is 15.1. The summed E-state index contributed by atoms with van der Waals surface area (Å²) < 4.78 is 61.5. The van der Waals surface area contributed by atoms with Gasteiger partial charge in [-0.05, 0) is 54.3 Å². The Morgan fingerprint density at radius 3 is 2.48 bits per heavy atom. The largest absolute Gasteiger partial charge is 0.482 e. The van der Waals surface area contributed by atoms with Crippen LogP contribution in [-0.4, -0.2) is 47.9 Å². The fourth-order valence-electron chi connectivity index (χ4n) is 5.80. The molecule has 0 bridgehead atoms. The van der Waals surface area contributed by atoms with Crippen LogP contribution in [0.1, 0.15) is 60.1 Å². The zero-order valence-electron chi connectivity index (χ0n) is 23.2. The highest BCUT2D eigenvalue weighted by molar-refractivity contribution is 5.92. The van der Waals surface area contributed by atoms with Crippen molar-refractivity contribution in [1.82, 2.24) is 15.5 Å². The minimum absolute atomic E-state index is 0.132. The lowest BCUT2D eigenvalue weighted by molar-refractivity contribution is -0.137. The third-order valence-corrected chi connectivity index (χ3v) is 8.49. The van der Waals surface area contributed by atoms with Gasteiger partial charge in [-0.1, -0.05) is 31.0 Å². The first-order valence-electron chi connectivity index (χ1n) is 14.4. The molecule has 1 aromatic heterocycles. The van der Waals surface area contributed by atoms with Gasteiger partial charge in [0.1, 0.15) is 5.60 Å². The van der Waals surface area contributed by atoms with Crippen LogP contribution in [0, 0.1) is 11.7 Å². The summed E-state index contributed by atoms with van der Waals surface area (Å²) in [6.45, 7) is 2.53. The lowest BCUT2D eigenvalue weighted by Crippen LogP contribution is -2.49. The van der Waals surface area contributed by atoms with E-state index in [-0.39, 0.29) is 23.9 Å². The molecular weight excluding hydrogens is 550 g/mol. The highest BCUT2D eigenvalue weighted by Crippen LogP contribution is 2.43. The Kier molecular flexibility index (Phi) is 7.67. The predicted octanol–water partition coefficient (Wildman–Crippen LogP) is 5.99. The first kappa shape index (κ1) is 28.2. The molecule has 2 fully saturated rings. The van der Waals surface area contributed by atoms with Crippen molar-refractivity contribution in [1.29, 1.82) is 0 Å². The van der Waals surface area contributed by atoms with Crippen molar-refractivity contribution in [3.8, 4) is 5.75 Å². The number of nitrogens with zero attached hydrogens (tertiary/aromatic N) is 4. The summed E-state index contributed by atoms with van der Waals surface area (Å²) >= 11 is 0. The molecule has 0 radical (unpaired) electrons. The number of carbonyl (C=O) groups is 1. The smallest absolute Gasteiger partial charge is 0.416 e. The molecule has 3 heterocycles. The van der Waals surface area contributed by atoms with E-state index < -0.39 is 23.2 Å². The molecule has 2 aromatic carbocycles. The highest BCUT2D eigenvalue weighted by Gasteiger charge is 2.41. The van der Waals surface area contributed by atoms with Gasteiger partial charge in [0.15, 0.2) is 23.1 Å². The van der Waals surface area contributed by atoms with E-state index >= 15 is 4.39 Å². The van der Waals surface area contributed by atoms with Crippen LogP contribution in [0.4, 0.5) is 29.1 Å². The normalized spacial score (nSPS) is 18.3. The summed E-state index contributed by atoms with van der Waals surface area (Å²) in [7, 11) is 0. The van der Waals surface area contributed by atoms with Crippen LogP contribution < -0.4 is 19.9 Å². The van der Waals surface area contributed by atoms with E-state index in [1.165, 1.54) is 25.0 Å². The number of carbonyl (C=O) groups excluding carboxylic acids is 1. The third-order valence-electron chi connectivity index (χ3n) is 8.49. The summed E-state index contributed by atoms with van der Waals surface area (Å²) in [5.74, 6) is 0.802. The van der Waals surface area contributed by atoms with Crippen molar-refractivity contribution < 1.29 is 27.1 Å². The molecule has 11 heteroatoms. The van der Waals surface area contributed by atoms with Crippen molar-refractivity contribution in [2.45, 2.75) is 56.8 Å². The minimum atomic E-state index is -4.44. The van der Waals surface area contributed by atoms with E-state index in [1.807, 2.05) is 4.90 Å². The summed E-state index contributed by atoms with van der Waals surface area (Å²) in [6.07, 6.45) is 0.822. The maximum Gasteiger partial charge on any atom is 0.416 e. The second kappa shape index (κ2) is 11.4. The van der Waals surface area contributed by atoms with Gasteiger partial charge >= 0.3 is 6.18 Å². The average Bonchev–Trinajstić information content (AvgIpc) is 3.82. The molecule has 1 aliphatic carbocycles. The van der Waals surface area contributed by atoms with Crippen molar-refractivity contribution in [2.24, 2.45) is 5.92 Å². The van der Waals surface area contributed by atoms with Gasteiger partial charge in [-0.3, -0.25) is 4.79 Å². The number of benzene rings is 2. The predicted molar refractivity (Wildman–Crippen MR) is 150 cm³/mol. The Morgan fingerprint density at radius 2 is 1.76 bits per heavy atom. The molecule has 42 heavy (non-hydrogen) atoms. The van der Waals surface area contributed by atoms with Gasteiger partial charge in [0.05, 0.1) is 11.3 Å². The van der Waals surface area contributed by atoms with Gasteiger partial charge in [-0.15, -0.1) is 10.2 Å². The van der Waals surface area contributed by atoms with Gasteiger partial charge < -0.3 is 19.9 Å². The molecular formula is C31H33F4N5O2. The lowest BCUT2D eigenvalue weighted by Gasteiger charge is -2.41. The van der Waals surface area contributed by atoms with Crippen molar-refractivity contribution in [3.05, 3.63) is 77.2 Å². The van der Waals surface area contributed by atoms with E-state index in [1.54, 1.807) is 30.3 Å². The number of rotatable bonds is 7. The van der Waals surface area contributed by atoms with Crippen LogP contribution in [0.3, 0.4) is 0 Å². The van der Waals surface area contributed by atoms with E-state index in [2.05, 4.69) is 20.4 Å². The molecule has 7 nitrogen and oxygen atoms in total. The Bertz CT molecular complexity index is 1420. The summed E-state index contributed by atoms with van der Waals surface area (Å²) in [4.78, 5) is 16.3. The first-order chi connectivity index (χ1) is 20.2. The van der Waals surface area contributed by atoms with Crippen LogP contribution >= 0.6 is 0 Å². The zero-order chi connectivity index (χ0) is 29.3. The van der Waals surface area contributed by atoms with Crippen molar-refractivity contribution >= 4 is 17.4 Å². The third kappa shape index (κ3) is 6.29. The summed E-state index contributed by atoms with van der Waals surface area (Å²) in [6, 6.07) is 13.4. The number of amides is 1. The second-order valence-corrected chi connectivity index (χ2v) is 11.5. The molecule has 1 saturated heterocycles. The number of alkyl halides is 3. The summed E-state index contributed by atoms with van der Waals surface area (Å²) in [5.41, 5.74) is -0.0408. The molecule has 1 amide bonds. The van der Waals surface area contributed by atoms with Gasteiger partial charge in [0, 0.05) is 52.0 Å². The number of nitrogens with one attached hydrogen (secondary N) is 1. The number of hydrogen-bond acceptors (Lipinski definition) is 6. The number of piperidine rings is 1. The number of aromatic nitrogens is 2. The summed E-state index contributed by atoms with van der Waals surface area (Å²) in [5, 5.41) is 11.3. The van der Waals surface area contributed by atoms with Gasteiger partial charge in [-0.25, -0.2) is 4.39 Å². The molecule has 1 saturated carbocycles. The highest BCUT2D eigenvalue weighted by atomic mass is 19.4. The van der Waals surface area contributed by atoms with E-state index in [4.69, 9.17) is 4.74 Å². The molecule has 2 aliphatic heterocycles. The number of halogens is 4. The van der Waals surface area contributed by atoms with Crippen LogP contribution in [0.25, 0.3) is 0 Å². The Hall–Kier alpha value is -3.89. The molecule has 6 rings (SSSR count). The van der Waals surface area contributed by atoms with Gasteiger partial charge in [-0.2, -0.15) is 13.2 Å². The fraction of sp³-hybridized carbons (Fsp3) is 0.452. The van der Waals surface area contributed by atoms with Crippen LogP contribution in [0.2, 0.25) is 0 Å². The van der Waals surface area contributed by atoms with E-state index in [9.17, 15) is 18.0 Å². The number of hydrogen-bond donors (Lipinski definition) is 1. The van der Waals surface area contributed by atoms with Gasteiger partial charge in [0.25, 0.3) is 5.91 Å². The SMILES string of the molecule is O=C(NCCC1CC1)c1ccc(N2CCC3(CC2)CCN(Cc2cccc(C(F)(F)F)c2)c2cccc(F)c2O3)nn1. The molecule has 222 valence electrons. The Morgan fingerprint density at radius 1 is 1.00 bits per heavy atom. The minimum Gasteiger partial charge on any atom is -0.482 e. The average molecular weight is 584 g/mol. The lowest BCUT2D eigenvalue weighted by atomic mass is 9.87. The number of ether oxygens (including phenoxy) is 1. The second-order valence-electron chi connectivity index (χ2n) is 11.5. The molecule has 0 atom stereocenters. The van der Waals surface area contributed by atoms with Gasteiger partial charge in [0.2, 0.25) is 0 Å². The molecule has 3 aromatic rings. The standard InChI is InChI=1S/C31H33F4N5O2/c32-24-5-2-6-26-28(24)42-30(14-18-40(26)20-22-3-1-4-23(19-22)31(33,34)35)12-16-39(17-13-30)27-10-9-25(37-38-27)29(41)36-15-11-21-7-8-21/h1-6,9-10,19,21H,7-8,11-18,20H2,(H,36,41). The first-order valence-corrected chi connectivity index (χ1v) is 14.4. The van der Waals surface area contributed by atoms with E-state index in [0.717, 1.165) is 24.5 Å².